The molecule has 1 heteroatoms. The van der Waals surface area contributed by atoms with Crippen molar-refractivity contribution in [1.29, 1.82) is 0 Å². The zero-order valence-electron chi connectivity index (χ0n) is 10.1. The summed E-state index contributed by atoms with van der Waals surface area (Å²) >= 11 is 0. The lowest BCUT2D eigenvalue weighted by atomic mass is 10.1. The number of aliphatic hydroxyl groups is 1. The van der Waals surface area contributed by atoms with E-state index in [4.69, 9.17) is 5.11 Å². The Kier molecular flexibility index (Phi) is 7.43. The Morgan fingerprint density at radius 3 is 2.33 bits per heavy atom. The molecular formula is C14H22O. The molecule has 15 heavy (non-hydrogen) atoms. The summed E-state index contributed by atoms with van der Waals surface area (Å²) in [7, 11) is 0. The summed E-state index contributed by atoms with van der Waals surface area (Å²) in [6.45, 7) is 9.83. The van der Waals surface area contributed by atoms with Gasteiger partial charge >= 0.3 is 0 Å². The molecule has 0 bridgehead atoms. The van der Waals surface area contributed by atoms with E-state index in [0.29, 0.717) is 0 Å². The number of aliphatic hydroxyl groups excluding tert-OH is 1. The van der Waals surface area contributed by atoms with Gasteiger partial charge in [0.05, 0.1) is 0 Å². The zero-order chi connectivity index (χ0) is 11.7. The molecule has 0 fully saturated rings. The molecule has 0 aliphatic carbocycles. The predicted octanol–water partition coefficient (Wildman–Crippen LogP) is 4.70. The highest BCUT2D eigenvalue weighted by atomic mass is 16.3. The fourth-order valence-electron chi connectivity index (χ4n) is 1.15. The Hall–Kier alpha value is -1.24. The van der Waals surface area contributed by atoms with E-state index in [1.54, 1.807) is 6.08 Å². The van der Waals surface area contributed by atoms with E-state index in [0.717, 1.165) is 19.3 Å². The lowest BCUT2D eigenvalue weighted by Crippen LogP contribution is -1.78. The first-order valence-electron chi connectivity index (χ1n) is 5.36. The minimum atomic E-state index is 0.253. The van der Waals surface area contributed by atoms with Gasteiger partial charge in [0.2, 0.25) is 0 Å². The molecule has 0 unspecified atom stereocenters. The number of hydrogen-bond donors (Lipinski definition) is 1. The van der Waals surface area contributed by atoms with Crippen LogP contribution >= 0.6 is 0 Å². The van der Waals surface area contributed by atoms with Gasteiger partial charge in [0.1, 0.15) is 5.76 Å². The minimum Gasteiger partial charge on any atom is -0.508 e. The van der Waals surface area contributed by atoms with E-state index >= 15 is 0 Å². The van der Waals surface area contributed by atoms with Gasteiger partial charge in [-0.25, -0.2) is 0 Å². The molecule has 0 atom stereocenters. The van der Waals surface area contributed by atoms with Crippen LogP contribution < -0.4 is 0 Å². The van der Waals surface area contributed by atoms with Crippen LogP contribution in [-0.4, -0.2) is 5.11 Å². The van der Waals surface area contributed by atoms with Crippen LogP contribution in [0.3, 0.4) is 0 Å². The summed E-state index contributed by atoms with van der Waals surface area (Å²) in [4.78, 5) is 0. The van der Waals surface area contributed by atoms with E-state index in [1.165, 1.54) is 17.2 Å². The molecule has 0 aromatic heterocycles. The van der Waals surface area contributed by atoms with E-state index in [2.05, 4.69) is 39.5 Å². The molecule has 0 aliphatic rings. The number of rotatable bonds is 6. The third-order valence-electron chi connectivity index (χ3n) is 2.09. The van der Waals surface area contributed by atoms with E-state index in [1.807, 2.05) is 0 Å². The Bertz CT molecular complexity index is 276. The standard InChI is InChI=1S/C14H22O/c1-5-14(15)11-7-10-13(4)9-6-8-12(2)3/h5,8,10-11,15H,1,6-7,9H2,2-4H3/b13-10+,14-11-. The van der Waals surface area contributed by atoms with Crippen molar-refractivity contribution < 1.29 is 5.11 Å². The lowest BCUT2D eigenvalue weighted by Gasteiger charge is -1.97. The quantitative estimate of drug-likeness (QED) is 0.379. The van der Waals surface area contributed by atoms with Crippen molar-refractivity contribution in [2.24, 2.45) is 0 Å². The average molecular weight is 206 g/mol. The first-order valence-corrected chi connectivity index (χ1v) is 5.36. The maximum Gasteiger partial charge on any atom is 0.111 e. The largest absolute Gasteiger partial charge is 0.508 e. The summed E-state index contributed by atoms with van der Waals surface area (Å²) in [5, 5.41) is 9.12. The molecule has 0 aromatic rings. The van der Waals surface area contributed by atoms with E-state index in [9.17, 15) is 0 Å². The van der Waals surface area contributed by atoms with Crippen LogP contribution in [0.15, 0.2) is 47.8 Å². The normalized spacial score (nSPS) is 12.5. The van der Waals surface area contributed by atoms with Crippen LogP contribution in [0, 0.1) is 0 Å². The highest BCUT2D eigenvalue weighted by Crippen LogP contribution is 2.08. The van der Waals surface area contributed by atoms with Gasteiger partial charge in [-0.05, 0) is 52.2 Å². The van der Waals surface area contributed by atoms with Crippen LogP contribution in [0.25, 0.3) is 0 Å². The fraction of sp³-hybridized carbons (Fsp3) is 0.429. The summed E-state index contributed by atoms with van der Waals surface area (Å²) in [6.07, 6.45) is 10.6. The highest BCUT2D eigenvalue weighted by Gasteiger charge is 1.88. The summed E-state index contributed by atoms with van der Waals surface area (Å²) in [5.74, 6) is 0.253. The fourth-order valence-corrected chi connectivity index (χ4v) is 1.15. The third kappa shape index (κ3) is 9.07. The van der Waals surface area contributed by atoms with Crippen molar-refractivity contribution in [3.63, 3.8) is 0 Å². The predicted molar refractivity (Wildman–Crippen MR) is 67.9 cm³/mol. The summed E-state index contributed by atoms with van der Waals surface area (Å²) < 4.78 is 0. The van der Waals surface area contributed by atoms with Crippen molar-refractivity contribution in [2.75, 3.05) is 0 Å². The van der Waals surface area contributed by atoms with Crippen LogP contribution in [-0.2, 0) is 0 Å². The molecule has 0 rings (SSSR count). The Labute approximate surface area is 93.5 Å². The molecule has 0 aliphatic heterocycles. The maximum absolute atomic E-state index is 9.12. The molecule has 1 nitrogen and oxygen atoms in total. The summed E-state index contributed by atoms with van der Waals surface area (Å²) in [6, 6.07) is 0. The van der Waals surface area contributed by atoms with Gasteiger partial charge in [-0.1, -0.05) is 29.9 Å². The van der Waals surface area contributed by atoms with Gasteiger partial charge in [-0.15, -0.1) is 0 Å². The lowest BCUT2D eigenvalue weighted by molar-refractivity contribution is 0.431. The van der Waals surface area contributed by atoms with Gasteiger partial charge in [-0.2, -0.15) is 0 Å². The third-order valence-corrected chi connectivity index (χ3v) is 2.09. The van der Waals surface area contributed by atoms with Gasteiger partial charge in [0.15, 0.2) is 0 Å². The van der Waals surface area contributed by atoms with Gasteiger partial charge < -0.3 is 5.11 Å². The SMILES string of the molecule is C=C/C(O)=C/C/C=C(\C)CCC=C(C)C. The van der Waals surface area contributed by atoms with Crippen molar-refractivity contribution in [3.8, 4) is 0 Å². The van der Waals surface area contributed by atoms with Gasteiger partial charge in [0.25, 0.3) is 0 Å². The van der Waals surface area contributed by atoms with Crippen LogP contribution in [0.4, 0.5) is 0 Å². The molecule has 0 saturated heterocycles. The van der Waals surface area contributed by atoms with Crippen molar-refractivity contribution >= 4 is 0 Å². The van der Waals surface area contributed by atoms with Gasteiger partial charge in [-0.3, -0.25) is 0 Å². The second-order valence-electron chi connectivity index (χ2n) is 3.94. The van der Waals surface area contributed by atoms with Crippen LogP contribution in [0.5, 0.6) is 0 Å². The molecular weight excluding hydrogens is 184 g/mol. The Balaban J connectivity index is 3.89. The molecule has 0 radical (unpaired) electrons. The Morgan fingerprint density at radius 1 is 1.13 bits per heavy atom. The first kappa shape index (κ1) is 13.8. The first-order chi connectivity index (χ1) is 7.06. The minimum absolute atomic E-state index is 0.253. The molecule has 1 N–H and O–H groups in total. The second-order valence-corrected chi connectivity index (χ2v) is 3.94. The van der Waals surface area contributed by atoms with E-state index < -0.39 is 0 Å². The second kappa shape index (κ2) is 8.10. The Morgan fingerprint density at radius 2 is 1.80 bits per heavy atom. The average Bonchev–Trinajstić information content (AvgIpc) is 2.17. The molecule has 0 heterocycles. The topological polar surface area (TPSA) is 20.2 Å². The molecule has 84 valence electrons. The van der Waals surface area contributed by atoms with Crippen molar-refractivity contribution in [3.05, 3.63) is 47.8 Å². The summed E-state index contributed by atoms with van der Waals surface area (Å²) in [5.41, 5.74) is 2.73. The van der Waals surface area contributed by atoms with Crippen LogP contribution in [0.2, 0.25) is 0 Å². The van der Waals surface area contributed by atoms with Crippen molar-refractivity contribution in [1.82, 2.24) is 0 Å². The highest BCUT2D eigenvalue weighted by molar-refractivity contribution is 5.11. The number of hydrogen-bond acceptors (Lipinski definition) is 1. The van der Waals surface area contributed by atoms with Gasteiger partial charge in [0, 0.05) is 0 Å². The van der Waals surface area contributed by atoms with Crippen LogP contribution in [0.1, 0.15) is 40.0 Å². The molecule has 0 spiro atoms. The molecule has 0 amide bonds. The van der Waals surface area contributed by atoms with Crippen molar-refractivity contribution in [2.45, 2.75) is 40.0 Å². The zero-order valence-corrected chi connectivity index (χ0v) is 10.1. The van der Waals surface area contributed by atoms with E-state index in [-0.39, 0.29) is 5.76 Å². The maximum atomic E-state index is 9.12. The molecule has 0 saturated carbocycles. The smallest absolute Gasteiger partial charge is 0.111 e. The number of allylic oxidation sites excluding steroid dienone is 6. The molecule has 0 aromatic carbocycles. The monoisotopic (exact) mass is 206 g/mol.